The highest BCUT2D eigenvalue weighted by atomic mass is 19.4. The van der Waals surface area contributed by atoms with Gasteiger partial charge >= 0.3 is 36.5 Å². The number of hydrogen-bond acceptors (Lipinski definition) is 21. The zero-order chi connectivity index (χ0) is 82.2. The molecule has 620 valence electrons. The number of nitrogens with one attached hydrogen (secondary N) is 4. The fourth-order valence-corrected chi connectivity index (χ4v) is 17.8. The van der Waals surface area contributed by atoms with Crippen LogP contribution in [0, 0.1) is 32.6 Å². The standard InChI is InChI=1S/C22H25F3N6O.C22H23N7O.C21H24F3N7O.C19H21N5O/c23-22(24,25)15-5-3-12-30(13-15)19-9-8-17-20(28-19)31(16-6-4-11-29(17)14-16)21(32)27-18-7-1-2-10-26-18;1-14-10-16(7-8-24-14)18-5-6-19-21(26-18)29(17-4-3-9-28(19)13-17)22(30)27-20-12-23-11-15(2)25-20;22-21(23,24)14-4-1-11-30(12-14)17-7-6-16-18(27-17)31(15-5-2-10-29(16)13-15)20(32)28-19-25-8-3-9-26-19;1-12-10-13(6-8-20-12)16-4-5-17-18(22-16)24(15-7-9-23(17)11-15)19(25)21-14-2-3-14/h1-2,7-10,15-16H,3-6,11-14H2,(H,26,27,32);5-8,10-12,17H,3-4,9,13H2,1-2H3,(H,25,27,30);3,6-9,14-15H,1-2,4-5,10-13H2,(H,25,26,28,32);4-6,8,10,14-15H,2-3,7,9,11H2,1H3,(H,21,25)/t15-,16-;17-;14-,15-;15-/m0000/s1. The van der Waals surface area contributed by atoms with Crippen LogP contribution in [-0.4, -0.2) is 200 Å². The molecule has 29 nitrogen and oxygen atoms in total. The molecule has 0 unspecified atom stereocenters. The Hall–Kier alpha value is -12.3. The average molecular weight is 1630 g/mol. The van der Waals surface area contributed by atoms with E-state index in [1.165, 1.54) is 0 Å². The van der Waals surface area contributed by atoms with Gasteiger partial charge in [0.1, 0.15) is 17.5 Å². The van der Waals surface area contributed by atoms with Gasteiger partial charge in [0.25, 0.3) is 0 Å². The largest absolute Gasteiger partial charge is 0.393 e. The Labute approximate surface area is 684 Å². The number of piperidine rings is 5. The van der Waals surface area contributed by atoms with Crippen molar-refractivity contribution in [1.82, 2.24) is 60.1 Å². The highest BCUT2D eigenvalue weighted by Gasteiger charge is 2.48. The van der Waals surface area contributed by atoms with Crippen LogP contribution in [0.1, 0.15) is 101 Å². The summed E-state index contributed by atoms with van der Waals surface area (Å²) < 4.78 is 79.9. The maximum Gasteiger partial charge on any atom is 0.393 e. The van der Waals surface area contributed by atoms with E-state index in [9.17, 15) is 45.5 Å². The molecule has 6 atom stereocenters. The Morgan fingerprint density at radius 3 is 1.26 bits per heavy atom. The third kappa shape index (κ3) is 17.4. The van der Waals surface area contributed by atoms with Crippen LogP contribution in [0.3, 0.4) is 0 Å². The third-order valence-corrected chi connectivity index (χ3v) is 23.7. The SMILES string of the molecule is Cc1cc(-c2ccc3c(n2)N(C(=O)NC2CC2)[C@H]2CCN3C2)ccn1.Cc1cc(-c2ccc3c(n2)N(C(=O)Nc2cncc(C)n2)[C@H]2CCCN3C2)ccn1.O=C(Nc1ccccn1)N1c2nc(N3CCC[C@H](C(F)(F)F)C3)ccc2N2CCC[C@H]1C2.O=C(Nc1ncccn1)N1c2nc(N3CCC[C@H](C(F)(F)F)C3)ccc2N2CCC[C@H]1C2. The zero-order valence-electron chi connectivity index (χ0n) is 66.3. The molecular weight excluding hydrogens is 1540 g/mol. The lowest BCUT2D eigenvalue weighted by molar-refractivity contribution is -0.176. The van der Waals surface area contributed by atoms with Crippen molar-refractivity contribution in [2.75, 3.05) is 143 Å². The number of aromatic nitrogens is 11. The molecule has 35 heteroatoms. The van der Waals surface area contributed by atoms with Gasteiger partial charge in [-0.05, 0) is 195 Å². The molecule has 8 amide bonds. The van der Waals surface area contributed by atoms with E-state index in [1.807, 2.05) is 74.2 Å². The number of hydrogen-bond donors (Lipinski definition) is 4. The summed E-state index contributed by atoms with van der Waals surface area (Å²) in [5.74, 6) is 1.75. The van der Waals surface area contributed by atoms with Gasteiger partial charge in [0.2, 0.25) is 5.95 Å². The molecule has 0 aromatic carbocycles. The van der Waals surface area contributed by atoms with Crippen LogP contribution in [0.15, 0.2) is 140 Å². The summed E-state index contributed by atoms with van der Waals surface area (Å²) in [6.45, 7) is 13.4. The van der Waals surface area contributed by atoms with E-state index in [2.05, 4.69) is 87.9 Å². The van der Waals surface area contributed by atoms with Crippen molar-refractivity contribution in [2.24, 2.45) is 11.8 Å². The molecule has 9 aromatic heterocycles. The van der Waals surface area contributed by atoms with Crippen molar-refractivity contribution in [3.63, 3.8) is 0 Å². The molecule has 1 saturated carbocycles. The minimum Gasteiger partial charge on any atom is -0.366 e. The van der Waals surface area contributed by atoms with E-state index in [4.69, 9.17) is 19.9 Å². The van der Waals surface area contributed by atoms with E-state index in [0.29, 0.717) is 85.8 Å². The molecule has 7 fully saturated rings. The summed E-state index contributed by atoms with van der Waals surface area (Å²) in [5, 5.41) is 11.6. The Balaban J connectivity index is 0.000000114. The minimum absolute atomic E-state index is 0.00542. The topological polar surface area (TPSA) is 291 Å². The third-order valence-electron chi connectivity index (χ3n) is 23.7. The Kier molecular flexibility index (Phi) is 22.3. The molecule has 0 radical (unpaired) electrons. The molecule has 20 rings (SSSR count). The van der Waals surface area contributed by atoms with Crippen LogP contribution in [0.25, 0.3) is 22.5 Å². The van der Waals surface area contributed by atoms with E-state index in [0.717, 1.165) is 165 Å². The number of carbonyl (C=O) groups is 4. The number of aryl methyl sites for hydroxylation is 3. The highest BCUT2D eigenvalue weighted by Crippen LogP contribution is 2.47. The van der Waals surface area contributed by atoms with Gasteiger partial charge in [-0.25, -0.2) is 59.0 Å². The van der Waals surface area contributed by atoms with E-state index in [-0.39, 0.29) is 80.2 Å². The normalized spacial score (nSPS) is 21.3. The summed E-state index contributed by atoms with van der Waals surface area (Å²) in [6.07, 6.45) is 13.0. The average Bonchev–Trinajstić information content (AvgIpc) is 1.51. The monoisotopic (exact) mass is 1630 g/mol. The number of pyridine rings is 7. The lowest BCUT2D eigenvalue weighted by atomic mass is 9.97. The molecule has 11 aliphatic rings. The maximum absolute atomic E-state index is 13.3. The van der Waals surface area contributed by atoms with E-state index >= 15 is 0 Å². The van der Waals surface area contributed by atoms with Crippen molar-refractivity contribution in [1.29, 1.82) is 0 Å². The molecule has 9 aromatic rings. The number of alkyl halides is 6. The first kappa shape index (κ1) is 79.2. The number of fused-ring (bicyclic) bond motifs is 16. The second-order valence-corrected chi connectivity index (χ2v) is 32.1. The number of amides is 8. The minimum atomic E-state index is -4.22. The van der Waals surface area contributed by atoms with Gasteiger partial charge in [0, 0.05) is 144 Å². The quantitative estimate of drug-likeness (QED) is 0.103. The van der Waals surface area contributed by atoms with Crippen molar-refractivity contribution in [3.8, 4) is 22.5 Å². The Morgan fingerprint density at radius 1 is 0.370 bits per heavy atom. The van der Waals surface area contributed by atoms with Gasteiger partial charge in [0.15, 0.2) is 29.1 Å². The van der Waals surface area contributed by atoms with Gasteiger partial charge in [0.05, 0.1) is 82.0 Å². The van der Waals surface area contributed by atoms with Crippen LogP contribution in [0.5, 0.6) is 0 Å². The van der Waals surface area contributed by atoms with Crippen molar-refractivity contribution in [2.45, 2.75) is 147 Å². The second kappa shape index (κ2) is 33.6. The number of urea groups is 4. The molecule has 0 spiro atoms. The fourth-order valence-electron chi connectivity index (χ4n) is 17.8. The number of rotatable bonds is 8. The first-order valence-electron chi connectivity index (χ1n) is 41.0. The summed E-state index contributed by atoms with van der Waals surface area (Å²) >= 11 is 0. The molecule has 6 saturated heterocycles. The van der Waals surface area contributed by atoms with Crippen LogP contribution >= 0.6 is 0 Å². The van der Waals surface area contributed by atoms with Crippen LogP contribution in [0.4, 0.5) is 121 Å². The zero-order valence-corrected chi connectivity index (χ0v) is 66.3. The number of nitrogens with zero attached hydrogens (tertiary/aromatic N) is 21. The second-order valence-electron chi connectivity index (χ2n) is 32.1. The smallest absolute Gasteiger partial charge is 0.366 e. The van der Waals surface area contributed by atoms with Gasteiger partial charge in [-0.2, -0.15) is 26.3 Å². The van der Waals surface area contributed by atoms with E-state index in [1.54, 1.807) is 104 Å². The number of carbonyl (C=O) groups excluding carboxylic acids is 4. The highest BCUT2D eigenvalue weighted by molar-refractivity contribution is 6.06. The van der Waals surface area contributed by atoms with Crippen LogP contribution in [-0.2, 0) is 0 Å². The van der Waals surface area contributed by atoms with E-state index < -0.39 is 24.2 Å². The summed E-state index contributed by atoms with van der Waals surface area (Å²) in [5.41, 5.74) is 10.1. The summed E-state index contributed by atoms with van der Waals surface area (Å²) in [7, 11) is 0. The molecule has 10 aliphatic heterocycles. The first-order chi connectivity index (χ1) is 57.6. The Morgan fingerprint density at radius 2 is 0.798 bits per heavy atom. The van der Waals surface area contributed by atoms with Crippen molar-refractivity contribution < 1.29 is 45.5 Å². The number of anilines is 13. The van der Waals surface area contributed by atoms with Crippen molar-refractivity contribution in [3.05, 3.63) is 158 Å². The van der Waals surface area contributed by atoms with Crippen molar-refractivity contribution >= 4 is 99.4 Å². The van der Waals surface area contributed by atoms with Gasteiger partial charge in [-0.1, -0.05) is 6.07 Å². The summed E-state index contributed by atoms with van der Waals surface area (Å²) in [6, 6.07) is 30.0. The predicted molar refractivity (Wildman–Crippen MR) is 443 cm³/mol. The predicted octanol–water partition coefficient (Wildman–Crippen LogP) is 14.2. The van der Waals surface area contributed by atoms with Gasteiger partial charge < -0.3 is 34.7 Å². The fraction of sp³-hybridized carbons (Fsp3) is 0.440. The molecule has 19 heterocycles. The molecule has 119 heavy (non-hydrogen) atoms. The van der Waals surface area contributed by atoms with Crippen LogP contribution in [0.2, 0.25) is 0 Å². The van der Waals surface area contributed by atoms with Crippen LogP contribution < -0.4 is 70.3 Å². The maximum atomic E-state index is 13.3. The van der Waals surface area contributed by atoms with Gasteiger partial charge in [-0.3, -0.25) is 50.5 Å². The lowest BCUT2D eigenvalue weighted by Crippen LogP contribution is -2.56. The first-order valence-corrected chi connectivity index (χ1v) is 41.0. The summed E-state index contributed by atoms with van der Waals surface area (Å²) in [4.78, 5) is 121. The lowest BCUT2D eigenvalue weighted by Gasteiger charge is -2.46. The molecule has 4 N–H and O–H groups in total. The Bertz CT molecular complexity index is 5050. The molecular formula is C84H93F6N25O4. The van der Waals surface area contributed by atoms with Gasteiger partial charge in [-0.15, -0.1) is 0 Å². The number of halogens is 6. The molecule has 8 bridgehead atoms. The molecule has 1 aliphatic carbocycles.